The molecule has 4 aromatic rings. The summed E-state index contributed by atoms with van der Waals surface area (Å²) in [5, 5.41) is 13.0. The van der Waals surface area contributed by atoms with Gasteiger partial charge in [-0.1, -0.05) is 54.6 Å². The van der Waals surface area contributed by atoms with Crippen LogP contribution in [0.4, 0.5) is 0 Å². The topological polar surface area (TPSA) is 53.1 Å². The van der Waals surface area contributed by atoms with Crippen LogP contribution in [0.3, 0.4) is 0 Å². The van der Waals surface area contributed by atoms with Gasteiger partial charge in [-0.05, 0) is 47.1 Å². The van der Waals surface area contributed by atoms with Crippen LogP contribution in [0.1, 0.15) is 22.5 Å². The number of para-hydroxylation sites is 1. The van der Waals surface area contributed by atoms with Crippen LogP contribution in [0.2, 0.25) is 0 Å². The van der Waals surface area contributed by atoms with Gasteiger partial charge in [0.15, 0.2) is 0 Å². The lowest BCUT2D eigenvalue weighted by Crippen LogP contribution is -2.01. The van der Waals surface area contributed by atoms with E-state index in [-0.39, 0.29) is 0 Å². The standard InChI is InChI=1S/C22H19NO2S/c24-22(25)21-18(17-10-3-4-12-19(17)23-21)11-6-14-26-20-13-5-8-15-7-1-2-9-16(15)20/h1-5,7-10,12-13,23H,6,11,14H2,(H,24,25). The van der Waals surface area contributed by atoms with Crippen LogP contribution in [0.15, 0.2) is 71.6 Å². The van der Waals surface area contributed by atoms with Crippen molar-refractivity contribution in [3.63, 3.8) is 0 Å². The normalized spacial score (nSPS) is 11.2. The smallest absolute Gasteiger partial charge is 0.352 e. The summed E-state index contributed by atoms with van der Waals surface area (Å²) < 4.78 is 0. The molecule has 2 N–H and O–H groups in total. The van der Waals surface area contributed by atoms with Gasteiger partial charge < -0.3 is 10.1 Å². The van der Waals surface area contributed by atoms with E-state index < -0.39 is 5.97 Å². The molecule has 130 valence electrons. The van der Waals surface area contributed by atoms with E-state index in [9.17, 15) is 9.90 Å². The van der Waals surface area contributed by atoms with Crippen LogP contribution in [0, 0.1) is 0 Å². The van der Waals surface area contributed by atoms with E-state index in [0.29, 0.717) is 5.69 Å². The zero-order chi connectivity index (χ0) is 17.9. The molecule has 0 fully saturated rings. The van der Waals surface area contributed by atoms with E-state index >= 15 is 0 Å². The van der Waals surface area contributed by atoms with Crippen molar-refractivity contribution in [3.8, 4) is 0 Å². The Labute approximate surface area is 156 Å². The molecule has 3 nitrogen and oxygen atoms in total. The molecule has 0 aliphatic carbocycles. The minimum absolute atomic E-state index is 0.321. The number of H-pyrrole nitrogens is 1. The first-order valence-electron chi connectivity index (χ1n) is 8.67. The number of nitrogens with one attached hydrogen (secondary N) is 1. The molecule has 4 rings (SSSR count). The molecule has 0 amide bonds. The van der Waals surface area contributed by atoms with Gasteiger partial charge in [-0.2, -0.15) is 0 Å². The zero-order valence-corrected chi connectivity index (χ0v) is 15.1. The van der Waals surface area contributed by atoms with Gasteiger partial charge in [0.1, 0.15) is 5.69 Å². The lowest BCUT2D eigenvalue weighted by molar-refractivity contribution is 0.0690. The number of thioether (sulfide) groups is 1. The molecule has 0 saturated heterocycles. The number of rotatable bonds is 6. The number of aromatic nitrogens is 1. The summed E-state index contributed by atoms with van der Waals surface area (Å²) in [6.45, 7) is 0. The van der Waals surface area contributed by atoms with Crippen molar-refractivity contribution in [3.05, 3.63) is 78.0 Å². The second kappa shape index (κ2) is 7.26. The second-order valence-corrected chi connectivity index (χ2v) is 7.40. The van der Waals surface area contributed by atoms with Gasteiger partial charge in [0, 0.05) is 15.8 Å². The molecule has 4 heteroatoms. The molecule has 26 heavy (non-hydrogen) atoms. The van der Waals surface area contributed by atoms with Crippen molar-refractivity contribution in [1.82, 2.24) is 4.98 Å². The number of fused-ring (bicyclic) bond motifs is 2. The summed E-state index contributed by atoms with van der Waals surface area (Å²) in [5.41, 5.74) is 2.12. The van der Waals surface area contributed by atoms with Crippen molar-refractivity contribution >= 4 is 39.4 Å². The average Bonchev–Trinajstić information content (AvgIpc) is 3.04. The molecule has 1 aromatic heterocycles. The Morgan fingerprint density at radius 3 is 2.50 bits per heavy atom. The van der Waals surface area contributed by atoms with Crippen LogP contribution < -0.4 is 0 Å². The van der Waals surface area contributed by atoms with Gasteiger partial charge >= 0.3 is 5.97 Å². The molecule has 0 radical (unpaired) electrons. The van der Waals surface area contributed by atoms with Crippen LogP contribution in [0.5, 0.6) is 0 Å². The molecule has 1 heterocycles. The van der Waals surface area contributed by atoms with E-state index in [1.165, 1.54) is 15.7 Å². The Morgan fingerprint density at radius 2 is 1.65 bits per heavy atom. The number of aromatic amines is 1. The maximum atomic E-state index is 11.6. The average molecular weight is 361 g/mol. The zero-order valence-electron chi connectivity index (χ0n) is 14.2. The first-order valence-corrected chi connectivity index (χ1v) is 9.66. The quantitative estimate of drug-likeness (QED) is 0.340. The van der Waals surface area contributed by atoms with Gasteiger partial charge in [-0.3, -0.25) is 0 Å². The molecule has 0 aliphatic rings. The molecule has 0 aliphatic heterocycles. The fourth-order valence-electron chi connectivity index (χ4n) is 3.39. The molecule has 0 spiro atoms. The predicted octanol–water partition coefficient (Wildman–Crippen LogP) is 5.74. The van der Waals surface area contributed by atoms with E-state index in [1.807, 2.05) is 36.0 Å². The maximum absolute atomic E-state index is 11.6. The van der Waals surface area contributed by atoms with E-state index in [0.717, 1.165) is 35.1 Å². The molecular weight excluding hydrogens is 342 g/mol. The maximum Gasteiger partial charge on any atom is 0.352 e. The number of benzene rings is 3. The van der Waals surface area contributed by atoms with Crippen molar-refractivity contribution in [2.45, 2.75) is 17.7 Å². The summed E-state index contributed by atoms with van der Waals surface area (Å²) in [5.74, 6) is 0.0601. The van der Waals surface area contributed by atoms with E-state index in [1.54, 1.807) is 0 Å². The summed E-state index contributed by atoms with van der Waals surface area (Å²) in [4.78, 5) is 15.9. The third-order valence-corrected chi connectivity index (χ3v) is 5.77. The summed E-state index contributed by atoms with van der Waals surface area (Å²) >= 11 is 1.83. The monoisotopic (exact) mass is 361 g/mol. The Morgan fingerprint density at radius 1 is 0.923 bits per heavy atom. The van der Waals surface area contributed by atoms with Crippen molar-refractivity contribution in [1.29, 1.82) is 0 Å². The third kappa shape index (κ3) is 3.20. The highest BCUT2D eigenvalue weighted by molar-refractivity contribution is 7.99. The molecular formula is C22H19NO2S. The van der Waals surface area contributed by atoms with E-state index in [4.69, 9.17) is 0 Å². The number of carbonyl (C=O) groups is 1. The minimum Gasteiger partial charge on any atom is -0.477 e. The fourth-order valence-corrected chi connectivity index (χ4v) is 4.42. The van der Waals surface area contributed by atoms with Gasteiger partial charge in [0.2, 0.25) is 0 Å². The number of aromatic carboxylic acids is 1. The first-order chi connectivity index (χ1) is 12.7. The van der Waals surface area contributed by atoms with Gasteiger partial charge in [-0.25, -0.2) is 4.79 Å². The Hall–Kier alpha value is -2.72. The second-order valence-electron chi connectivity index (χ2n) is 6.26. The third-order valence-electron chi connectivity index (χ3n) is 4.61. The van der Waals surface area contributed by atoms with Crippen LogP contribution in [-0.2, 0) is 6.42 Å². The Balaban J connectivity index is 1.49. The highest BCUT2D eigenvalue weighted by Crippen LogP contribution is 2.29. The molecule has 0 unspecified atom stereocenters. The highest BCUT2D eigenvalue weighted by Gasteiger charge is 2.16. The molecule has 0 saturated carbocycles. The molecule has 0 bridgehead atoms. The number of hydrogen-bond acceptors (Lipinski definition) is 2. The molecule has 0 atom stereocenters. The largest absolute Gasteiger partial charge is 0.477 e. The Bertz CT molecular complexity index is 1080. The van der Waals surface area contributed by atoms with Crippen molar-refractivity contribution in [2.75, 3.05) is 5.75 Å². The van der Waals surface area contributed by atoms with Crippen LogP contribution >= 0.6 is 11.8 Å². The number of hydrogen-bond donors (Lipinski definition) is 2. The lowest BCUT2D eigenvalue weighted by atomic mass is 10.1. The highest BCUT2D eigenvalue weighted by atomic mass is 32.2. The summed E-state index contributed by atoms with van der Waals surface area (Å²) in [7, 11) is 0. The van der Waals surface area contributed by atoms with Gasteiger partial charge in [-0.15, -0.1) is 11.8 Å². The minimum atomic E-state index is -0.891. The SMILES string of the molecule is O=C(O)c1[nH]c2ccccc2c1CCCSc1cccc2ccccc12. The number of carboxylic acid groups (broad SMARTS) is 1. The van der Waals surface area contributed by atoms with Crippen molar-refractivity contribution in [2.24, 2.45) is 0 Å². The summed E-state index contributed by atoms with van der Waals surface area (Å²) in [6.07, 6.45) is 1.68. The van der Waals surface area contributed by atoms with Gasteiger partial charge in [0.05, 0.1) is 0 Å². The summed E-state index contributed by atoms with van der Waals surface area (Å²) in [6, 6.07) is 22.6. The predicted molar refractivity (Wildman–Crippen MR) is 108 cm³/mol. The fraction of sp³-hybridized carbons (Fsp3) is 0.136. The Kier molecular flexibility index (Phi) is 4.67. The lowest BCUT2D eigenvalue weighted by Gasteiger charge is -2.06. The van der Waals surface area contributed by atoms with Crippen molar-refractivity contribution < 1.29 is 9.90 Å². The molecule has 3 aromatic carbocycles. The van der Waals surface area contributed by atoms with E-state index in [2.05, 4.69) is 47.4 Å². The number of carboxylic acids is 1. The number of aryl methyl sites for hydroxylation is 1. The van der Waals surface area contributed by atoms with Crippen LogP contribution in [0.25, 0.3) is 21.7 Å². The first kappa shape index (κ1) is 16.7. The van der Waals surface area contributed by atoms with Crippen LogP contribution in [-0.4, -0.2) is 21.8 Å². The van der Waals surface area contributed by atoms with Gasteiger partial charge in [0.25, 0.3) is 0 Å².